The van der Waals surface area contributed by atoms with E-state index in [0.717, 1.165) is 0 Å². The van der Waals surface area contributed by atoms with Crippen molar-refractivity contribution in [3.8, 4) is 0 Å². The number of anilines is 1. The van der Waals surface area contributed by atoms with Crippen LogP contribution in [0.2, 0.25) is 0 Å². The van der Waals surface area contributed by atoms with Crippen LogP contribution >= 0.6 is 0 Å². The van der Waals surface area contributed by atoms with Crippen molar-refractivity contribution in [1.29, 1.82) is 5.41 Å². The predicted molar refractivity (Wildman–Crippen MR) is 65.0 cm³/mol. The van der Waals surface area contributed by atoms with Gasteiger partial charge in [-0.15, -0.1) is 0 Å². The van der Waals surface area contributed by atoms with E-state index in [4.69, 9.17) is 11.1 Å². The van der Waals surface area contributed by atoms with E-state index in [1.807, 2.05) is 13.8 Å². The van der Waals surface area contributed by atoms with Crippen molar-refractivity contribution in [3.63, 3.8) is 0 Å². The monoisotopic (exact) mass is 260 g/mol. The van der Waals surface area contributed by atoms with E-state index in [-0.39, 0.29) is 23.1 Å². The predicted octanol–water partition coefficient (Wildman–Crippen LogP) is -0.404. The second kappa shape index (κ2) is 5.15. The zero-order chi connectivity index (χ0) is 13.1. The van der Waals surface area contributed by atoms with E-state index >= 15 is 0 Å². The smallest absolute Gasteiger partial charge is 0.300 e. The van der Waals surface area contributed by atoms with Crippen molar-refractivity contribution in [2.24, 2.45) is 11.7 Å². The molecule has 96 valence electrons. The maximum atomic E-state index is 11.6. The summed E-state index contributed by atoms with van der Waals surface area (Å²) in [6.07, 6.45) is 1.28. The Bertz CT molecular complexity index is 492. The van der Waals surface area contributed by atoms with Gasteiger partial charge >= 0.3 is 0 Å². The summed E-state index contributed by atoms with van der Waals surface area (Å²) in [4.78, 5) is 0. The molecule has 0 spiro atoms. The molecule has 6 N–H and O–H groups in total. The molecule has 9 heteroatoms. The van der Waals surface area contributed by atoms with E-state index in [2.05, 4.69) is 19.6 Å². The number of hydrogen-bond donors (Lipinski definition) is 5. The lowest BCUT2D eigenvalue weighted by molar-refractivity contribution is 0.564. The van der Waals surface area contributed by atoms with Crippen LogP contribution in [0.5, 0.6) is 0 Å². The molecular formula is C8H16N6O2S. The molecule has 17 heavy (non-hydrogen) atoms. The molecule has 0 aliphatic heterocycles. The van der Waals surface area contributed by atoms with Gasteiger partial charge in [0, 0.05) is 6.54 Å². The van der Waals surface area contributed by atoms with Crippen LogP contribution in [-0.4, -0.2) is 31.0 Å². The van der Waals surface area contributed by atoms with E-state index in [9.17, 15) is 8.42 Å². The molecule has 0 aromatic carbocycles. The Balaban J connectivity index is 2.76. The molecule has 0 saturated heterocycles. The third-order valence-corrected chi connectivity index (χ3v) is 2.87. The van der Waals surface area contributed by atoms with E-state index in [1.165, 1.54) is 6.20 Å². The van der Waals surface area contributed by atoms with Gasteiger partial charge in [0.1, 0.15) is 11.7 Å². The highest BCUT2D eigenvalue weighted by atomic mass is 32.2. The highest BCUT2D eigenvalue weighted by Crippen LogP contribution is 2.10. The molecule has 1 heterocycles. The largest absolute Gasteiger partial charge is 0.384 e. The zero-order valence-electron chi connectivity index (χ0n) is 9.61. The number of H-pyrrole nitrogens is 1. The topological polar surface area (TPSA) is 137 Å². The van der Waals surface area contributed by atoms with Crippen LogP contribution in [0.4, 0.5) is 5.82 Å². The fourth-order valence-electron chi connectivity index (χ4n) is 1.01. The Morgan fingerprint density at radius 1 is 1.65 bits per heavy atom. The number of nitrogens with one attached hydrogen (secondary N) is 4. The average molecular weight is 260 g/mol. The number of nitrogens with zero attached hydrogens (tertiary/aromatic N) is 1. The van der Waals surface area contributed by atoms with Crippen LogP contribution in [0, 0.1) is 11.3 Å². The van der Waals surface area contributed by atoms with Gasteiger partial charge in [0.2, 0.25) is 0 Å². The lowest BCUT2D eigenvalue weighted by atomic mass is 10.2. The van der Waals surface area contributed by atoms with Crippen LogP contribution < -0.4 is 15.2 Å². The summed E-state index contributed by atoms with van der Waals surface area (Å²) in [7, 11) is -3.68. The number of hydrogen-bond acceptors (Lipinski definition) is 4. The molecule has 0 saturated carbocycles. The number of nitrogen functional groups attached to an aromatic ring is 1. The summed E-state index contributed by atoms with van der Waals surface area (Å²) in [6, 6.07) is 0. The van der Waals surface area contributed by atoms with Crippen molar-refractivity contribution in [2.45, 2.75) is 13.8 Å². The molecule has 8 nitrogen and oxygen atoms in total. The lowest BCUT2D eigenvalue weighted by Gasteiger charge is -2.10. The lowest BCUT2D eigenvalue weighted by Crippen LogP contribution is -2.33. The molecule has 0 atom stereocenters. The number of aromatic amines is 1. The van der Waals surface area contributed by atoms with Gasteiger partial charge in [0.05, 0.1) is 11.8 Å². The third-order valence-electron chi connectivity index (χ3n) is 1.85. The van der Waals surface area contributed by atoms with Crippen molar-refractivity contribution in [1.82, 2.24) is 14.9 Å². The fourth-order valence-corrected chi connectivity index (χ4v) is 2.06. The summed E-state index contributed by atoms with van der Waals surface area (Å²) in [6.45, 7) is 4.10. The highest BCUT2D eigenvalue weighted by molar-refractivity contribution is 7.90. The first-order valence-corrected chi connectivity index (χ1v) is 6.45. The minimum atomic E-state index is -3.68. The summed E-state index contributed by atoms with van der Waals surface area (Å²) in [5.74, 6) is 0.00897. The summed E-state index contributed by atoms with van der Waals surface area (Å²) < 4.78 is 27.8. The molecule has 0 unspecified atom stereocenters. The van der Waals surface area contributed by atoms with Gasteiger partial charge in [-0.3, -0.25) is 15.2 Å². The first-order chi connectivity index (χ1) is 7.82. The Kier molecular flexibility index (Phi) is 4.07. The van der Waals surface area contributed by atoms with Gasteiger partial charge in [0.25, 0.3) is 10.2 Å². The van der Waals surface area contributed by atoms with Gasteiger partial charge in [-0.2, -0.15) is 18.2 Å². The molecule has 0 bridgehead atoms. The van der Waals surface area contributed by atoms with Crippen LogP contribution in [-0.2, 0) is 10.2 Å². The van der Waals surface area contributed by atoms with Gasteiger partial charge in [-0.1, -0.05) is 13.8 Å². The fraction of sp³-hybridized carbons (Fsp3) is 0.500. The molecular weight excluding hydrogens is 244 g/mol. The Labute approximate surface area is 99.7 Å². The quantitative estimate of drug-likeness (QED) is 0.351. The minimum Gasteiger partial charge on any atom is -0.384 e. The Morgan fingerprint density at radius 3 is 2.82 bits per heavy atom. The first kappa shape index (κ1) is 13.5. The number of rotatable bonds is 6. The summed E-state index contributed by atoms with van der Waals surface area (Å²) >= 11 is 0. The molecule has 0 aliphatic rings. The highest BCUT2D eigenvalue weighted by Gasteiger charge is 2.15. The average Bonchev–Trinajstić information content (AvgIpc) is 2.62. The second-order valence-corrected chi connectivity index (χ2v) is 5.42. The first-order valence-electron chi connectivity index (χ1n) is 4.97. The molecule has 0 aliphatic carbocycles. The Morgan fingerprint density at radius 2 is 2.29 bits per heavy atom. The van der Waals surface area contributed by atoms with E-state index in [1.54, 1.807) is 0 Å². The van der Waals surface area contributed by atoms with Gasteiger partial charge in [0.15, 0.2) is 0 Å². The van der Waals surface area contributed by atoms with Crippen LogP contribution in [0.15, 0.2) is 6.20 Å². The van der Waals surface area contributed by atoms with Crippen LogP contribution in [0.3, 0.4) is 0 Å². The van der Waals surface area contributed by atoms with Gasteiger partial charge < -0.3 is 5.73 Å². The van der Waals surface area contributed by atoms with E-state index in [0.29, 0.717) is 6.54 Å². The molecule has 0 radical (unpaired) electrons. The van der Waals surface area contributed by atoms with Gasteiger partial charge in [-0.05, 0) is 5.92 Å². The SMILES string of the molecule is CC(C)CNS(=O)(=O)Nc1[nH]ncc1C(=N)N. The van der Waals surface area contributed by atoms with Crippen molar-refractivity contribution < 1.29 is 8.42 Å². The molecule has 1 rings (SSSR count). The van der Waals surface area contributed by atoms with Crippen molar-refractivity contribution >= 4 is 21.9 Å². The molecule has 0 amide bonds. The van der Waals surface area contributed by atoms with Crippen LogP contribution in [0.25, 0.3) is 0 Å². The number of amidine groups is 1. The normalized spacial score (nSPS) is 11.7. The summed E-state index contributed by atoms with van der Waals surface area (Å²) in [5.41, 5.74) is 5.48. The van der Waals surface area contributed by atoms with Gasteiger partial charge in [-0.25, -0.2) is 0 Å². The minimum absolute atomic E-state index is 0.0776. The van der Waals surface area contributed by atoms with E-state index < -0.39 is 10.2 Å². The second-order valence-electron chi connectivity index (χ2n) is 3.92. The molecule has 0 fully saturated rings. The number of nitrogens with two attached hydrogens (primary N) is 1. The van der Waals surface area contributed by atoms with Crippen molar-refractivity contribution in [3.05, 3.63) is 11.8 Å². The number of aromatic nitrogens is 2. The molecule has 1 aromatic heterocycles. The van der Waals surface area contributed by atoms with Crippen LogP contribution in [0.1, 0.15) is 19.4 Å². The molecule has 1 aromatic rings. The third kappa shape index (κ3) is 4.04. The van der Waals surface area contributed by atoms with Crippen molar-refractivity contribution in [2.75, 3.05) is 11.3 Å². The maximum Gasteiger partial charge on any atom is 0.300 e. The standard InChI is InChI=1S/C8H16N6O2S/c1-5(2)3-12-17(15,16)14-8-6(7(9)10)4-11-13-8/h4-5,12H,3H2,1-2H3,(H3,9,10)(H2,11,13,14). The summed E-state index contributed by atoms with van der Waals surface area (Å²) in [5, 5.41) is 13.3. The zero-order valence-corrected chi connectivity index (χ0v) is 10.4. The Hall–Kier alpha value is -1.61. The maximum absolute atomic E-state index is 11.6.